The number of rotatable bonds is 8. The maximum Gasteiger partial charge on any atom is 0.309 e. The molecule has 0 spiro atoms. The number of sulfonamides is 1. The number of amides is 2. The van der Waals surface area contributed by atoms with Gasteiger partial charge in [-0.2, -0.15) is 4.31 Å². The molecule has 1 saturated heterocycles. The van der Waals surface area contributed by atoms with Crippen molar-refractivity contribution in [3.05, 3.63) is 30.1 Å². The summed E-state index contributed by atoms with van der Waals surface area (Å²) in [7, 11) is -3.74. The summed E-state index contributed by atoms with van der Waals surface area (Å²) in [6, 6.07) is 4.51. The second-order valence-electron chi connectivity index (χ2n) is 6.87. The van der Waals surface area contributed by atoms with E-state index in [0.29, 0.717) is 25.9 Å². The second-order valence-corrected chi connectivity index (χ2v) is 8.76. The molecule has 1 fully saturated rings. The molecular weight excluding hydrogens is 385 g/mol. The van der Waals surface area contributed by atoms with Gasteiger partial charge in [0.25, 0.3) is 0 Å². The fourth-order valence-corrected chi connectivity index (χ4v) is 4.94. The molecule has 0 radical (unpaired) electrons. The summed E-state index contributed by atoms with van der Waals surface area (Å²) in [5, 5.41) is 5.10. The number of carbonyl (C=O) groups is 2. The van der Waals surface area contributed by atoms with E-state index in [9.17, 15) is 22.4 Å². The molecule has 1 aliphatic heterocycles. The SMILES string of the molecule is CCCCNC(=O)C(=O)NCCC1CCCCN1S(=O)(=O)c1ccc(F)cc1. The first kappa shape index (κ1) is 22.3. The van der Waals surface area contributed by atoms with Gasteiger partial charge in [0.2, 0.25) is 10.0 Å². The summed E-state index contributed by atoms with van der Waals surface area (Å²) in [5.41, 5.74) is 0. The number of carbonyl (C=O) groups excluding carboxylic acids is 2. The summed E-state index contributed by atoms with van der Waals surface area (Å²) < 4.78 is 40.4. The lowest BCUT2D eigenvalue weighted by Crippen LogP contribution is -2.46. The van der Waals surface area contributed by atoms with Gasteiger partial charge in [0.05, 0.1) is 4.90 Å². The Morgan fingerprint density at radius 2 is 1.75 bits per heavy atom. The highest BCUT2D eigenvalue weighted by molar-refractivity contribution is 7.89. The van der Waals surface area contributed by atoms with Crippen molar-refractivity contribution in [1.29, 1.82) is 0 Å². The number of halogens is 1. The predicted molar refractivity (Wildman–Crippen MR) is 103 cm³/mol. The van der Waals surface area contributed by atoms with Gasteiger partial charge >= 0.3 is 11.8 Å². The van der Waals surface area contributed by atoms with E-state index in [1.807, 2.05) is 6.92 Å². The van der Waals surface area contributed by atoms with Gasteiger partial charge in [0.1, 0.15) is 5.82 Å². The largest absolute Gasteiger partial charge is 0.348 e. The summed E-state index contributed by atoms with van der Waals surface area (Å²) >= 11 is 0. The molecule has 1 atom stereocenters. The van der Waals surface area contributed by atoms with Crippen LogP contribution in [0.2, 0.25) is 0 Å². The Hall–Kier alpha value is -2.00. The predicted octanol–water partition coefficient (Wildman–Crippen LogP) is 1.79. The van der Waals surface area contributed by atoms with Crippen LogP contribution in [-0.2, 0) is 19.6 Å². The molecule has 2 rings (SSSR count). The van der Waals surface area contributed by atoms with Gasteiger partial charge in [0, 0.05) is 25.7 Å². The van der Waals surface area contributed by atoms with Gasteiger partial charge in [-0.05, 0) is 49.9 Å². The quantitative estimate of drug-likeness (QED) is 0.502. The Morgan fingerprint density at radius 1 is 1.11 bits per heavy atom. The van der Waals surface area contributed by atoms with Crippen LogP contribution in [0, 0.1) is 5.82 Å². The van der Waals surface area contributed by atoms with E-state index in [-0.39, 0.29) is 17.5 Å². The molecule has 0 aliphatic carbocycles. The fraction of sp³-hybridized carbons (Fsp3) is 0.579. The molecular formula is C19H28FN3O4S. The topological polar surface area (TPSA) is 95.6 Å². The Labute approximate surface area is 165 Å². The highest BCUT2D eigenvalue weighted by atomic mass is 32.2. The molecule has 0 bridgehead atoms. The number of hydrogen-bond acceptors (Lipinski definition) is 4. The first-order valence-corrected chi connectivity index (χ1v) is 11.1. The Balaban J connectivity index is 1.93. The van der Waals surface area contributed by atoms with Gasteiger partial charge in [0.15, 0.2) is 0 Å². The molecule has 1 aromatic carbocycles. The Bertz CT molecular complexity index is 768. The molecule has 2 amide bonds. The van der Waals surface area contributed by atoms with Crippen molar-refractivity contribution in [1.82, 2.24) is 14.9 Å². The number of hydrogen-bond donors (Lipinski definition) is 2. The minimum Gasteiger partial charge on any atom is -0.348 e. The normalized spacial score (nSPS) is 17.9. The molecule has 1 aromatic rings. The molecule has 7 nitrogen and oxygen atoms in total. The molecule has 28 heavy (non-hydrogen) atoms. The zero-order valence-electron chi connectivity index (χ0n) is 16.1. The lowest BCUT2D eigenvalue weighted by Gasteiger charge is -2.34. The zero-order valence-corrected chi connectivity index (χ0v) is 16.9. The molecule has 1 heterocycles. The van der Waals surface area contributed by atoms with Gasteiger partial charge in [-0.3, -0.25) is 9.59 Å². The molecule has 1 aliphatic rings. The van der Waals surface area contributed by atoms with E-state index in [0.717, 1.165) is 37.8 Å². The number of benzene rings is 1. The van der Waals surface area contributed by atoms with Gasteiger partial charge < -0.3 is 10.6 Å². The maximum absolute atomic E-state index is 13.1. The first-order chi connectivity index (χ1) is 13.4. The van der Waals surface area contributed by atoms with Crippen LogP contribution >= 0.6 is 0 Å². The van der Waals surface area contributed by atoms with Crippen molar-refractivity contribution in [2.75, 3.05) is 19.6 Å². The van der Waals surface area contributed by atoms with Gasteiger partial charge in [-0.25, -0.2) is 12.8 Å². The third kappa shape index (κ3) is 6.00. The van der Waals surface area contributed by atoms with Crippen molar-refractivity contribution in [3.63, 3.8) is 0 Å². The lowest BCUT2D eigenvalue weighted by molar-refractivity contribution is -0.139. The standard InChI is InChI=1S/C19H28FN3O4S/c1-2-3-12-21-18(24)19(25)22-13-11-16-6-4-5-14-23(16)28(26,27)17-9-7-15(20)8-10-17/h7-10,16H,2-6,11-14H2,1H3,(H,21,24)(H,22,25). The Kier molecular flexibility index (Phi) is 8.37. The summed E-state index contributed by atoms with van der Waals surface area (Å²) in [6.07, 6.45) is 4.46. The van der Waals surface area contributed by atoms with Gasteiger partial charge in [-0.15, -0.1) is 0 Å². The van der Waals surface area contributed by atoms with Crippen LogP contribution in [0.25, 0.3) is 0 Å². The van der Waals surface area contributed by atoms with Crippen LogP contribution in [0.3, 0.4) is 0 Å². The van der Waals surface area contributed by atoms with E-state index in [1.165, 1.54) is 16.4 Å². The highest BCUT2D eigenvalue weighted by Crippen LogP contribution is 2.27. The smallest absolute Gasteiger partial charge is 0.309 e. The summed E-state index contributed by atoms with van der Waals surface area (Å²) in [5.74, 6) is -1.87. The molecule has 9 heteroatoms. The molecule has 0 saturated carbocycles. The van der Waals surface area contributed by atoms with E-state index in [2.05, 4.69) is 10.6 Å². The molecule has 2 N–H and O–H groups in total. The van der Waals surface area contributed by atoms with Gasteiger partial charge in [-0.1, -0.05) is 19.8 Å². The van der Waals surface area contributed by atoms with E-state index >= 15 is 0 Å². The van der Waals surface area contributed by atoms with Crippen molar-refractivity contribution >= 4 is 21.8 Å². The van der Waals surface area contributed by atoms with Crippen molar-refractivity contribution in [2.24, 2.45) is 0 Å². The number of unbranched alkanes of at least 4 members (excludes halogenated alkanes) is 1. The first-order valence-electron chi connectivity index (χ1n) is 9.69. The zero-order chi connectivity index (χ0) is 20.6. The molecule has 156 valence electrons. The maximum atomic E-state index is 13.1. The van der Waals surface area contributed by atoms with Crippen LogP contribution in [-0.4, -0.2) is 50.2 Å². The summed E-state index contributed by atoms with van der Waals surface area (Å²) in [4.78, 5) is 23.6. The highest BCUT2D eigenvalue weighted by Gasteiger charge is 2.33. The fourth-order valence-electron chi connectivity index (χ4n) is 3.21. The van der Waals surface area contributed by atoms with Crippen LogP contribution in [0.4, 0.5) is 4.39 Å². The van der Waals surface area contributed by atoms with Crippen molar-refractivity contribution < 1.29 is 22.4 Å². The van der Waals surface area contributed by atoms with Crippen LogP contribution in [0.5, 0.6) is 0 Å². The number of nitrogens with zero attached hydrogens (tertiary/aromatic N) is 1. The average molecular weight is 414 g/mol. The van der Waals surface area contributed by atoms with E-state index in [4.69, 9.17) is 0 Å². The lowest BCUT2D eigenvalue weighted by atomic mass is 10.0. The number of nitrogens with one attached hydrogen (secondary N) is 2. The van der Waals surface area contributed by atoms with Crippen LogP contribution in [0.1, 0.15) is 45.4 Å². The monoisotopic (exact) mass is 413 g/mol. The third-order valence-corrected chi connectivity index (χ3v) is 6.74. The second kappa shape index (κ2) is 10.5. The minimum atomic E-state index is -3.74. The van der Waals surface area contributed by atoms with E-state index in [1.54, 1.807) is 0 Å². The van der Waals surface area contributed by atoms with Crippen molar-refractivity contribution in [3.8, 4) is 0 Å². The molecule has 1 unspecified atom stereocenters. The average Bonchev–Trinajstić information content (AvgIpc) is 2.68. The third-order valence-electron chi connectivity index (χ3n) is 4.78. The van der Waals surface area contributed by atoms with Crippen LogP contribution < -0.4 is 10.6 Å². The van der Waals surface area contributed by atoms with E-state index < -0.39 is 27.7 Å². The minimum absolute atomic E-state index is 0.0557. The van der Waals surface area contributed by atoms with Crippen molar-refractivity contribution in [2.45, 2.75) is 56.4 Å². The summed E-state index contributed by atoms with van der Waals surface area (Å²) in [6.45, 7) is 3.03. The number of piperidine rings is 1. The molecule has 0 aromatic heterocycles. The Morgan fingerprint density at radius 3 is 2.39 bits per heavy atom. The van der Waals surface area contributed by atoms with Crippen LogP contribution in [0.15, 0.2) is 29.2 Å².